The first-order chi connectivity index (χ1) is 8.16. The summed E-state index contributed by atoms with van der Waals surface area (Å²) in [5.74, 6) is -0.743. The topological polar surface area (TPSA) is 66.6 Å². The lowest BCUT2D eigenvalue weighted by Crippen LogP contribution is -2.51. The van der Waals surface area contributed by atoms with E-state index in [2.05, 4.69) is 0 Å². The van der Waals surface area contributed by atoms with Gasteiger partial charge in [-0.05, 0) is 18.4 Å². The Hall–Kier alpha value is -1.39. The van der Waals surface area contributed by atoms with Gasteiger partial charge in [0.15, 0.2) is 0 Å². The van der Waals surface area contributed by atoms with Crippen LogP contribution in [0.5, 0.6) is 0 Å². The molecule has 4 heteroatoms. The molecule has 0 aromatic heterocycles. The van der Waals surface area contributed by atoms with E-state index in [1.807, 2.05) is 35.2 Å². The highest BCUT2D eigenvalue weighted by Crippen LogP contribution is 2.19. The molecule has 3 N–H and O–H groups in total. The van der Waals surface area contributed by atoms with E-state index < -0.39 is 12.0 Å². The average Bonchev–Trinajstić information content (AvgIpc) is 2.30. The molecule has 1 fully saturated rings. The van der Waals surface area contributed by atoms with Crippen LogP contribution in [0.3, 0.4) is 0 Å². The quantitative estimate of drug-likeness (QED) is 0.820. The van der Waals surface area contributed by atoms with Crippen molar-refractivity contribution in [3.05, 3.63) is 35.9 Å². The van der Waals surface area contributed by atoms with Crippen LogP contribution in [-0.2, 0) is 11.3 Å². The van der Waals surface area contributed by atoms with Crippen molar-refractivity contribution < 1.29 is 9.90 Å². The standard InChI is InChI=1S/C13H18N2O2/c14-11-6-7-12(13(16)17)15(9-11)8-10-4-2-1-3-5-10/h1-5,11-12H,6-9,14H2,(H,16,17)/t11-,12-/m0/s1. The number of hydrogen-bond acceptors (Lipinski definition) is 3. The zero-order valence-corrected chi connectivity index (χ0v) is 9.75. The highest BCUT2D eigenvalue weighted by atomic mass is 16.4. The van der Waals surface area contributed by atoms with Crippen molar-refractivity contribution in [2.24, 2.45) is 5.73 Å². The first-order valence-electron chi connectivity index (χ1n) is 5.93. The molecule has 1 aliphatic heterocycles. The lowest BCUT2D eigenvalue weighted by atomic mass is 9.98. The van der Waals surface area contributed by atoms with E-state index in [0.29, 0.717) is 19.5 Å². The number of likely N-dealkylation sites (tertiary alicyclic amines) is 1. The van der Waals surface area contributed by atoms with E-state index in [9.17, 15) is 9.90 Å². The molecule has 0 unspecified atom stereocenters. The fraction of sp³-hybridized carbons (Fsp3) is 0.462. The largest absolute Gasteiger partial charge is 0.480 e. The number of aliphatic carboxylic acids is 1. The fourth-order valence-corrected chi connectivity index (χ4v) is 2.35. The van der Waals surface area contributed by atoms with Crippen molar-refractivity contribution >= 4 is 5.97 Å². The molecule has 1 aromatic rings. The molecule has 1 heterocycles. The summed E-state index contributed by atoms with van der Waals surface area (Å²) in [7, 11) is 0. The Bertz CT molecular complexity index is 380. The number of carboxylic acid groups (broad SMARTS) is 1. The number of rotatable bonds is 3. The smallest absolute Gasteiger partial charge is 0.320 e. The normalized spacial score (nSPS) is 25.7. The second kappa shape index (κ2) is 5.29. The molecule has 0 aliphatic carbocycles. The number of nitrogens with zero attached hydrogens (tertiary/aromatic N) is 1. The number of piperidine rings is 1. The summed E-state index contributed by atoms with van der Waals surface area (Å²) in [4.78, 5) is 13.1. The van der Waals surface area contributed by atoms with Crippen molar-refractivity contribution in [2.75, 3.05) is 6.54 Å². The maximum absolute atomic E-state index is 11.2. The van der Waals surface area contributed by atoms with Gasteiger partial charge >= 0.3 is 5.97 Å². The van der Waals surface area contributed by atoms with E-state index >= 15 is 0 Å². The molecule has 1 aromatic carbocycles. The van der Waals surface area contributed by atoms with Crippen molar-refractivity contribution in [1.29, 1.82) is 0 Å². The second-order valence-electron chi connectivity index (χ2n) is 4.61. The number of benzene rings is 1. The molecule has 1 saturated heterocycles. The third kappa shape index (κ3) is 3.05. The molecule has 0 bridgehead atoms. The molecule has 2 atom stereocenters. The van der Waals surface area contributed by atoms with Crippen LogP contribution < -0.4 is 5.73 Å². The minimum Gasteiger partial charge on any atom is -0.480 e. The van der Waals surface area contributed by atoms with Gasteiger partial charge in [0.25, 0.3) is 0 Å². The van der Waals surface area contributed by atoms with Gasteiger partial charge in [-0.25, -0.2) is 0 Å². The maximum Gasteiger partial charge on any atom is 0.320 e. The van der Waals surface area contributed by atoms with Gasteiger partial charge in [0.05, 0.1) is 0 Å². The summed E-state index contributed by atoms with van der Waals surface area (Å²) in [5, 5.41) is 9.19. The third-order valence-electron chi connectivity index (χ3n) is 3.23. The molecule has 0 amide bonds. The van der Waals surface area contributed by atoms with Crippen LogP contribution in [0, 0.1) is 0 Å². The predicted octanol–water partition coefficient (Wildman–Crippen LogP) is 1.06. The SMILES string of the molecule is N[C@H]1CC[C@@H](C(=O)O)N(Cc2ccccc2)C1. The Balaban J connectivity index is 2.08. The highest BCUT2D eigenvalue weighted by Gasteiger charge is 2.31. The van der Waals surface area contributed by atoms with Gasteiger partial charge in [-0.2, -0.15) is 0 Å². The number of carbonyl (C=O) groups is 1. The Morgan fingerprint density at radius 2 is 2.06 bits per heavy atom. The molecule has 0 saturated carbocycles. The first-order valence-corrected chi connectivity index (χ1v) is 5.93. The average molecular weight is 234 g/mol. The lowest BCUT2D eigenvalue weighted by Gasteiger charge is -2.36. The van der Waals surface area contributed by atoms with Crippen molar-refractivity contribution in [3.63, 3.8) is 0 Å². The van der Waals surface area contributed by atoms with Gasteiger partial charge in [-0.15, -0.1) is 0 Å². The van der Waals surface area contributed by atoms with Crippen molar-refractivity contribution in [1.82, 2.24) is 4.90 Å². The van der Waals surface area contributed by atoms with E-state index in [1.165, 1.54) is 0 Å². The molecule has 92 valence electrons. The van der Waals surface area contributed by atoms with E-state index in [-0.39, 0.29) is 6.04 Å². The van der Waals surface area contributed by atoms with E-state index in [1.54, 1.807) is 0 Å². The Morgan fingerprint density at radius 3 is 2.71 bits per heavy atom. The van der Waals surface area contributed by atoms with Crippen LogP contribution >= 0.6 is 0 Å². The second-order valence-corrected chi connectivity index (χ2v) is 4.61. The summed E-state index contributed by atoms with van der Waals surface area (Å²) >= 11 is 0. The summed E-state index contributed by atoms with van der Waals surface area (Å²) in [6.45, 7) is 1.32. The third-order valence-corrected chi connectivity index (χ3v) is 3.23. The fourth-order valence-electron chi connectivity index (χ4n) is 2.35. The number of nitrogens with two attached hydrogens (primary N) is 1. The molecular weight excluding hydrogens is 216 g/mol. The van der Waals surface area contributed by atoms with Gasteiger partial charge < -0.3 is 10.8 Å². The van der Waals surface area contributed by atoms with Crippen LogP contribution in [0.15, 0.2) is 30.3 Å². The molecule has 2 rings (SSSR count). The van der Waals surface area contributed by atoms with Crippen LogP contribution in [-0.4, -0.2) is 34.6 Å². The molecule has 0 radical (unpaired) electrons. The Morgan fingerprint density at radius 1 is 1.35 bits per heavy atom. The van der Waals surface area contributed by atoms with Crippen LogP contribution in [0.1, 0.15) is 18.4 Å². The van der Waals surface area contributed by atoms with Crippen molar-refractivity contribution in [2.45, 2.75) is 31.5 Å². The maximum atomic E-state index is 11.2. The highest BCUT2D eigenvalue weighted by molar-refractivity contribution is 5.73. The zero-order chi connectivity index (χ0) is 12.3. The van der Waals surface area contributed by atoms with Crippen molar-refractivity contribution in [3.8, 4) is 0 Å². The first kappa shape index (κ1) is 12.1. The van der Waals surface area contributed by atoms with E-state index in [0.717, 1.165) is 12.0 Å². The zero-order valence-electron chi connectivity index (χ0n) is 9.75. The minimum atomic E-state index is -0.743. The van der Waals surface area contributed by atoms with Gasteiger partial charge in [-0.1, -0.05) is 30.3 Å². The summed E-state index contributed by atoms with van der Waals surface area (Å²) in [5.41, 5.74) is 7.04. The molecule has 0 spiro atoms. The summed E-state index contributed by atoms with van der Waals surface area (Å²) < 4.78 is 0. The van der Waals surface area contributed by atoms with Gasteiger partial charge in [-0.3, -0.25) is 9.69 Å². The van der Waals surface area contributed by atoms with Crippen LogP contribution in [0.4, 0.5) is 0 Å². The predicted molar refractivity (Wildman–Crippen MR) is 65.5 cm³/mol. The molecule has 1 aliphatic rings. The van der Waals surface area contributed by atoms with Gasteiger partial charge in [0.2, 0.25) is 0 Å². The minimum absolute atomic E-state index is 0.0920. The monoisotopic (exact) mass is 234 g/mol. The lowest BCUT2D eigenvalue weighted by molar-refractivity contribution is -0.145. The van der Waals surface area contributed by atoms with Crippen LogP contribution in [0.25, 0.3) is 0 Å². The molecule has 4 nitrogen and oxygen atoms in total. The molecule has 17 heavy (non-hydrogen) atoms. The number of carboxylic acids is 1. The Kier molecular flexibility index (Phi) is 3.76. The Labute approximate surface area is 101 Å². The van der Waals surface area contributed by atoms with Gasteiger partial charge in [0.1, 0.15) is 6.04 Å². The van der Waals surface area contributed by atoms with Gasteiger partial charge in [0, 0.05) is 19.1 Å². The number of hydrogen-bond donors (Lipinski definition) is 2. The molecular formula is C13H18N2O2. The summed E-state index contributed by atoms with van der Waals surface area (Å²) in [6.07, 6.45) is 1.44. The van der Waals surface area contributed by atoms with E-state index in [4.69, 9.17) is 5.73 Å². The van der Waals surface area contributed by atoms with Crippen LogP contribution in [0.2, 0.25) is 0 Å². The summed E-state index contributed by atoms with van der Waals surface area (Å²) in [6, 6.07) is 9.62.